The lowest BCUT2D eigenvalue weighted by Crippen LogP contribution is -2.52. The Morgan fingerprint density at radius 1 is 0.562 bits per heavy atom. The van der Waals surface area contributed by atoms with Gasteiger partial charge in [-0.15, -0.1) is 12.8 Å². The van der Waals surface area contributed by atoms with Crippen molar-refractivity contribution in [3.63, 3.8) is 0 Å². The van der Waals surface area contributed by atoms with Gasteiger partial charge in [0.1, 0.15) is 0 Å². The van der Waals surface area contributed by atoms with Crippen LogP contribution in [0.1, 0.15) is 101 Å². The number of benzene rings is 2. The average Bonchev–Trinajstić information content (AvgIpc) is 3.26. The molecule has 0 unspecified atom stereocenters. The Bertz CT molecular complexity index is 1920. The van der Waals surface area contributed by atoms with Crippen LogP contribution in [0.3, 0.4) is 0 Å². The summed E-state index contributed by atoms with van der Waals surface area (Å²) in [6.45, 7) is 0. The SMILES string of the molecule is C#C[C@H](/C=C/CCCCCCC#CC(=O)CCC(=O)C#CCCCCCC/C=C/[C@@H](C#C)OC(=O)[C@](OC)(c1ccccc1)C(F)(F)F)OC(=O)[C@](OC)(c1ccccc1)C(F)(F)F. The van der Waals surface area contributed by atoms with Crippen molar-refractivity contribution in [1.82, 2.24) is 0 Å². The van der Waals surface area contributed by atoms with Crippen LogP contribution in [-0.4, -0.2) is 62.3 Å². The number of allylic oxidation sites excluding steroid dienone is 2. The van der Waals surface area contributed by atoms with Crippen LogP contribution in [0.2, 0.25) is 0 Å². The predicted octanol–water partition coefficient (Wildman–Crippen LogP) is 10.0. The number of Topliss-reactive ketones (excluding diaryl/α,β-unsaturated/α-hetero) is 2. The number of esters is 2. The summed E-state index contributed by atoms with van der Waals surface area (Å²) in [6.07, 6.45) is 12.0. The minimum absolute atomic E-state index is 0.0361. The largest absolute Gasteiger partial charge is 0.442 e. The molecule has 0 heterocycles. The number of rotatable bonds is 25. The molecule has 0 aliphatic carbocycles. The molecule has 2 aromatic rings. The first-order valence-corrected chi connectivity index (χ1v) is 20.6. The number of halogens is 6. The molecule has 0 amide bonds. The maximum atomic E-state index is 14.1. The molecule has 0 aliphatic rings. The molecule has 2 rings (SSSR count). The van der Waals surface area contributed by atoms with E-state index in [4.69, 9.17) is 31.8 Å². The number of terminal acetylenes is 2. The molecule has 64 heavy (non-hydrogen) atoms. The van der Waals surface area contributed by atoms with Crippen molar-refractivity contribution in [3.05, 3.63) is 96.1 Å². The third-order valence-electron chi connectivity index (χ3n) is 9.64. The number of hydrogen-bond donors (Lipinski definition) is 0. The maximum Gasteiger partial charge on any atom is 0.432 e. The van der Waals surface area contributed by atoms with Crippen LogP contribution >= 0.6 is 0 Å². The van der Waals surface area contributed by atoms with E-state index in [1.165, 1.54) is 48.6 Å². The Kier molecular flexibility index (Phi) is 23.6. The molecule has 0 radical (unpaired) electrons. The number of hydrogen-bond acceptors (Lipinski definition) is 8. The Morgan fingerprint density at radius 3 is 1.22 bits per heavy atom. The van der Waals surface area contributed by atoms with Crippen LogP contribution in [0.25, 0.3) is 0 Å². The quantitative estimate of drug-likeness (QED) is 0.0242. The molecule has 0 spiro atoms. The summed E-state index contributed by atoms with van der Waals surface area (Å²) in [5.74, 6) is 11.0. The van der Waals surface area contributed by atoms with E-state index in [0.717, 1.165) is 89.9 Å². The summed E-state index contributed by atoms with van der Waals surface area (Å²) in [5.41, 5.74) is -7.55. The number of alkyl halides is 6. The van der Waals surface area contributed by atoms with Gasteiger partial charge in [-0.05, 0) is 62.5 Å². The fourth-order valence-electron chi connectivity index (χ4n) is 6.20. The van der Waals surface area contributed by atoms with Gasteiger partial charge in [0.15, 0.2) is 12.2 Å². The standard InChI is InChI=1S/C50H52F6O8/c1-5-43(63-45(59)47(61-3,49(51,52)53)39-29-21-19-22-30-39)35-27-17-13-9-7-11-15-25-33-41(57)37-38-42(58)34-26-16-12-8-10-14-18-28-36-44(6-2)64-46(60)48(62-4,50(54,55)56)40-31-23-20-24-32-40/h1-2,19-24,27-32,35-36,43-44H,7-18,37-38H2,3-4H3/b35-27+,36-28+/t43-,44-,47-,48-/m1/s1. The van der Waals surface area contributed by atoms with Gasteiger partial charge in [0.25, 0.3) is 11.2 Å². The van der Waals surface area contributed by atoms with Crippen LogP contribution in [0.5, 0.6) is 0 Å². The zero-order valence-corrected chi connectivity index (χ0v) is 35.8. The molecule has 0 bridgehead atoms. The fourth-order valence-corrected chi connectivity index (χ4v) is 6.20. The van der Waals surface area contributed by atoms with E-state index >= 15 is 0 Å². The van der Waals surface area contributed by atoms with Crippen LogP contribution < -0.4 is 0 Å². The van der Waals surface area contributed by atoms with Gasteiger partial charge < -0.3 is 18.9 Å². The van der Waals surface area contributed by atoms with Crippen molar-refractivity contribution in [3.8, 4) is 48.4 Å². The van der Waals surface area contributed by atoms with Gasteiger partial charge in [-0.1, -0.05) is 122 Å². The van der Waals surface area contributed by atoms with E-state index in [2.05, 4.69) is 35.5 Å². The van der Waals surface area contributed by atoms with Crippen molar-refractivity contribution in [1.29, 1.82) is 0 Å². The summed E-state index contributed by atoms with van der Waals surface area (Å²) >= 11 is 0. The third-order valence-corrected chi connectivity index (χ3v) is 9.64. The highest BCUT2D eigenvalue weighted by Gasteiger charge is 2.65. The second-order valence-electron chi connectivity index (χ2n) is 14.2. The molecule has 2 aromatic carbocycles. The van der Waals surface area contributed by atoms with Crippen molar-refractivity contribution < 1.29 is 64.5 Å². The monoisotopic (exact) mass is 894 g/mol. The molecule has 0 fully saturated rings. The first-order valence-electron chi connectivity index (χ1n) is 20.6. The normalized spacial score (nSPS) is 14.3. The van der Waals surface area contributed by atoms with Gasteiger partial charge in [0, 0.05) is 51.0 Å². The molecule has 14 heteroatoms. The summed E-state index contributed by atoms with van der Waals surface area (Å²) in [7, 11) is 1.55. The average molecular weight is 895 g/mol. The first-order chi connectivity index (χ1) is 30.5. The van der Waals surface area contributed by atoms with Crippen molar-refractivity contribution in [2.45, 2.75) is 126 Å². The minimum Gasteiger partial charge on any atom is -0.442 e. The highest BCUT2D eigenvalue weighted by atomic mass is 19.4. The number of carbonyl (C=O) groups excluding carboxylic acids is 4. The highest BCUT2D eigenvalue weighted by Crippen LogP contribution is 2.44. The Morgan fingerprint density at radius 2 is 0.906 bits per heavy atom. The maximum absolute atomic E-state index is 14.1. The molecule has 0 saturated carbocycles. The van der Waals surface area contributed by atoms with Gasteiger partial charge in [-0.3, -0.25) is 9.59 Å². The Labute approximate surface area is 371 Å². The second-order valence-corrected chi connectivity index (χ2v) is 14.2. The zero-order valence-electron chi connectivity index (χ0n) is 35.8. The van der Waals surface area contributed by atoms with Gasteiger partial charge >= 0.3 is 24.3 Å². The van der Waals surface area contributed by atoms with E-state index < -0.39 is 58.8 Å². The minimum atomic E-state index is -5.12. The lowest BCUT2D eigenvalue weighted by Gasteiger charge is -2.32. The summed E-state index contributed by atoms with van der Waals surface area (Å²) < 4.78 is 104. The molecule has 0 aliphatic heterocycles. The second kappa shape index (κ2) is 27.9. The summed E-state index contributed by atoms with van der Waals surface area (Å²) in [5, 5.41) is 0. The van der Waals surface area contributed by atoms with E-state index in [-0.39, 0.29) is 24.4 Å². The van der Waals surface area contributed by atoms with E-state index in [9.17, 15) is 45.5 Å². The Balaban J connectivity index is 1.60. The van der Waals surface area contributed by atoms with Gasteiger partial charge in [0.2, 0.25) is 11.6 Å². The molecule has 0 N–H and O–H groups in total. The van der Waals surface area contributed by atoms with E-state index in [0.29, 0.717) is 25.7 Å². The fraction of sp³-hybridized carbons (Fsp3) is 0.440. The molecule has 342 valence electrons. The number of carbonyl (C=O) groups is 4. The molecular weight excluding hydrogens is 843 g/mol. The lowest BCUT2D eigenvalue weighted by molar-refractivity contribution is -0.277. The summed E-state index contributed by atoms with van der Waals surface area (Å²) in [6, 6.07) is 12.9. The van der Waals surface area contributed by atoms with Crippen molar-refractivity contribution in [2.75, 3.05) is 14.2 Å². The third kappa shape index (κ3) is 16.6. The van der Waals surface area contributed by atoms with Gasteiger partial charge in [-0.2, -0.15) is 26.3 Å². The lowest BCUT2D eigenvalue weighted by atomic mass is 9.92. The van der Waals surface area contributed by atoms with Gasteiger partial charge in [0.05, 0.1) is 0 Å². The smallest absolute Gasteiger partial charge is 0.432 e. The van der Waals surface area contributed by atoms with Crippen LogP contribution in [0, 0.1) is 48.4 Å². The Hall–Kier alpha value is -6.06. The number of ketones is 2. The van der Waals surface area contributed by atoms with Crippen molar-refractivity contribution in [2.24, 2.45) is 0 Å². The van der Waals surface area contributed by atoms with Gasteiger partial charge in [-0.25, -0.2) is 9.59 Å². The number of unbranched alkanes of at least 4 members (excludes halogenated alkanes) is 10. The van der Waals surface area contributed by atoms with Crippen LogP contribution in [-0.2, 0) is 49.3 Å². The van der Waals surface area contributed by atoms with E-state index in [1.807, 2.05) is 0 Å². The van der Waals surface area contributed by atoms with E-state index in [1.54, 1.807) is 12.2 Å². The first kappa shape index (κ1) is 54.1. The highest BCUT2D eigenvalue weighted by molar-refractivity contribution is 6.01. The number of methoxy groups -OCH3 is 2. The molecule has 4 atom stereocenters. The predicted molar refractivity (Wildman–Crippen MR) is 228 cm³/mol. The zero-order chi connectivity index (χ0) is 47.5. The number of ether oxygens (including phenoxy) is 4. The molecular formula is C50H52F6O8. The molecule has 8 nitrogen and oxygen atoms in total. The van der Waals surface area contributed by atoms with Crippen LogP contribution in [0.4, 0.5) is 26.3 Å². The van der Waals surface area contributed by atoms with Crippen molar-refractivity contribution >= 4 is 23.5 Å². The topological polar surface area (TPSA) is 105 Å². The molecule has 0 aromatic heterocycles. The summed E-state index contributed by atoms with van der Waals surface area (Å²) in [4.78, 5) is 49.8. The molecule has 0 saturated heterocycles. The van der Waals surface area contributed by atoms with Crippen LogP contribution in [0.15, 0.2) is 85.0 Å².